The van der Waals surface area contributed by atoms with Crippen molar-refractivity contribution >= 4 is 35.0 Å². The molecule has 5 N–H and O–H groups in total. The Bertz CT molecular complexity index is 1480. The van der Waals surface area contributed by atoms with E-state index in [2.05, 4.69) is 15.0 Å². The molecule has 0 aliphatic rings. The van der Waals surface area contributed by atoms with Crippen LogP contribution in [-0.4, -0.2) is 46.2 Å². The van der Waals surface area contributed by atoms with E-state index in [1.54, 1.807) is 31.0 Å². The van der Waals surface area contributed by atoms with Crippen LogP contribution >= 0.6 is 0 Å². The molecule has 4 aromatic rings. The monoisotopic (exact) mass is 502 g/mol. The lowest BCUT2D eigenvalue weighted by Crippen LogP contribution is -2.06. The number of fused-ring (bicyclic) bond motifs is 1. The Kier molecular flexibility index (Phi) is 7.53. The third-order valence-electron chi connectivity index (χ3n) is 5.56. The molecule has 0 spiro atoms. The number of aromatic nitrogens is 3. The average molecular weight is 503 g/mol. The van der Waals surface area contributed by atoms with E-state index >= 15 is 0 Å². The maximum Gasteiger partial charge on any atom is 0.431 e. The van der Waals surface area contributed by atoms with Crippen LogP contribution in [0.3, 0.4) is 0 Å². The highest BCUT2D eigenvalue weighted by Gasteiger charge is 2.14. The molecule has 11 heteroatoms. The molecule has 2 aromatic carbocycles. The molecule has 11 nitrogen and oxygen atoms in total. The second-order valence-electron chi connectivity index (χ2n) is 7.91. The predicted octanol–water partition coefficient (Wildman–Crippen LogP) is 3.71. The molecule has 0 fully saturated rings. The van der Waals surface area contributed by atoms with Gasteiger partial charge in [0.2, 0.25) is 5.95 Å². The molecule has 0 unspecified atom stereocenters. The third-order valence-corrected chi connectivity index (χ3v) is 5.56. The number of amides is 1. The number of carboxylic acid groups (broad SMARTS) is 1. The summed E-state index contributed by atoms with van der Waals surface area (Å²) in [5.74, 6) is 2.25. The number of anilines is 1. The highest BCUT2D eigenvalue weighted by Crippen LogP contribution is 2.30. The summed E-state index contributed by atoms with van der Waals surface area (Å²) in [5.41, 5.74) is 15.8. The first kappa shape index (κ1) is 25.0. The number of nitrogens with zero attached hydrogens (tertiary/aromatic N) is 4. The van der Waals surface area contributed by atoms with Crippen LogP contribution in [0.4, 0.5) is 10.7 Å². The van der Waals surface area contributed by atoms with Gasteiger partial charge in [0.1, 0.15) is 17.9 Å². The lowest BCUT2D eigenvalue weighted by atomic mass is 10.1. The van der Waals surface area contributed by atoms with E-state index < -0.39 is 6.09 Å². The molecular weight excluding hydrogens is 476 g/mol. The molecule has 0 saturated heterocycles. The molecule has 37 heavy (non-hydrogen) atoms. The zero-order chi connectivity index (χ0) is 26.4. The predicted molar refractivity (Wildman–Crippen MR) is 140 cm³/mol. The summed E-state index contributed by atoms with van der Waals surface area (Å²) < 4.78 is 18.5. The number of allylic oxidation sites excluding steroid dienone is 1. The highest BCUT2D eigenvalue weighted by atomic mass is 16.5. The molecule has 1 amide bonds. The van der Waals surface area contributed by atoms with Crippen LogP contribution in [-0.2, 0) is 13.2 Å². The largest absolute Gasteiger partial charge is 0.497 e. The van der Waals surface area contributed by atoms with Gasteiger partial charge < -0.3 is 30.8 Å². The van der Waals surface area contributed by atoms with Crippen LogP contribution < -0.4 is 25.7 Å². The van der Waals surface area contributed by atoms with Gasteiger partial charge in [0.15, 0.2) is 17.1 Å². The zero-order valence-electron chi connectivity index (χ0n) is 20.3. The molecule has 4 rings (SSSR count). The summed E-state index contributed by atoms with van der Waals surface area (Å²) >= 11 is 0. The maximum atomic E-state index is 10.7. The summed E-state index contributed by atoms with van der Waals surface area (Å²) in [6.45, 7) is 0.769. The summed E-state index contributed by atoms with van der Waals surface area (Å²) in [6, 6.07) is 15.0. The van der Waals surface area contributed by atoms with Crippen molar-refractivity contribution in [3.8, 4) is 17.2 Å². The van der Waals surface area contributed by atoms with Crippen molar-refractivity contribution in [1.29, 1.82) is 0 Å². The number of ether oxygens (including phenoxy) is 3. The Labute approximate surface area is 212 Å². The number of hydrogen-bond donors (Lipinski definition) is 3. The molecule has 2 aromatic heterocycles. The van der Waals surface area contributed by atoms with Gasteiger partial charge >= 0.3 is 6.09 Å². The van der Waals surface area contributed by atoms with Crippen molar-refractivity contribution in [2.45, 2.75) is 13.2 Å². The van der Waals surface area contributed by atoms with Gasteiger partial charge in [0, 0.05) is 29.7 Å². The molecule has 0 aliphatic carbocycles. The number of pyridine rings is 1. The first-order valence-electron chi connectivity index (χ1n) is 11.2. The van der Waals surface area contributed by atoms with Crippen LogP contribution in [0.5, 0.6) is 17.2 Å². The Hall–Kier alpha value is -5.06. The Morgan fingerprint density at radius 2 is 1.84 bits per heavy atom. The SMILES string of the molecule is COc1ccc(COc2ccc(Cn3c(N)nc4cc(C(C=NC(=O)O)=CN)cnc43)cc2OC)cc1. The molecular formula is C26H26N6O5. The van der Waals surface area contributed by atoms with Gasteiger partial charge in [0.25, 0.3) is 0 Å². The topological polar surface area (TPSA) is 160 Å². The first-order chi connectivity index (χ1) is 17.9. The fourth-order valence-corrected chi connectivity index (χ4v) is 3.68. The van der Waals surface area contributed by atoms with Gasteiger partial charge in [-0.3, -0.25) is 4.57 Å². The molecule has 0 saturated carbocycles. The summed E-state index contributed by atoms with van der Waals surface area (Å²) in [6.07, 6.45) is 2.63. The zero-order valence-corrected chi connectivity index (χ0v) is 20.3. The number of methoxy groups -OCH3 is 2. The van der Waals surface area contributed by atoms with Crippen LogP contribution in [0.2, 0.25) is 0 Å². The number of imidazole rings is 1. The first-order valence-corrected chi connectivity index (χ1v) is 11.2. The standard InChI is InChI=1S/C26H26N6O5/c1-35-20-6-3-16(4-7-20)15-37-22-8-5-17(9-23(22)36-2)14-32-24-21(31-25(32)28)10-18(12-29-24)19(11-27)13-30-26(33)34/h3-13H,14-15,27H2,1-2H3,(H2,28,31)(H,33,34). The molecule has 0 aliphatic heterocycles. The number of hydrogen-bond acceptors (Lipinski definition) is 8. The van der Waals surface area contributed by atoms with E-state index in [4.69, 9.17) is 30.8 Å². The smallest absolute Gasteiger partial charge is 0.431 e. The Morgan fingerprint density at radius 1 is 1.08 bits per heavy atom. The van der Waals surface area contributed by atoms with Gasteiger partial charge in [-0.2, -0.15) is 4.99 Å². The average Bonchev–Trinajstić information content (AvgIpc) is 3.22. The van der Waals surface area contributed by atoms with E-state index in [0.717, 1.165) is 23.1 Å². The molecule has 0 radical (unpaired) electrons. The van der Waals surface area contributed by atoms with Crippen LogP contribution in [0.1, 0.15) is 16.7 Å². The minimum Gasteiger partial charge on any atom is -0.497 e. The van der Waals surface area contributed by atoms with E-state index in [1.165, 1.54) is 6.20 Å². The fourth-order valence-electron chi connectivity index (χ4n) is 3.68. The summed E-state index contributed by atoms with van der Waals surface area (Å²) in [4.78, 5) is 23.0. The molecule has 2 heterocycles. The van der Waals surface area contributed by atoms with E-state index in [9.17, 15) is 4.79 Å². The molecule has 0 atom stereocenters. The minimum atomic E-state index is -1.32. The van der Waals surface area contributed by atoms with Gasteiger partial charge in [-0.05, 0) is 41.5 Å². The third kappa shape index (κ3) is 5.78. The number of nitrogen functional groups attached to an aromatic ring is 1. The summed E-state index contributed by atoms with van der Waals surface area (Å²) in [7, 11) is 3.21. The van der Waals surface area contributed by atoms with Gasteiger partial charge in [0.05, 0.1) is 20.8 Å². The van der Waals surface area contributed by atoms with Crippen molar-refractivity contribution < 1.29 is 24.1 Å². The number of carbonyl (C=O) groups is 1. The lowest BCUT2D eigenvalue weighted by Gasteiger charge is -2.13. The van der Waals surface area contributed by atoms with Crippen LogP contribution in [0, 0.1) is 0 Å². The van der Waals surface area contributed by atoms with Crippen LogP contribution in [0.25, 0.3) is 16.7 Å². The van der Waals surface area contributed by atoms with Crippen molar-refractivity contribution in [3.63, 3.8) is 0 Å². The number of nitrogens with two attached hydrogens (primary N) is 2. The summed E-state index contributed by atoms with van der Waals surface area (Å²) in [5, 5.41) is 8.78. The highest BCUT2D eigenvalue weighted by molar-refractivity contribution is 6.12. The lowest BCUT2D eigenvalue weighted by molar-refractivity contribution is 0.206. The van der Waals surface area contributed by atoms with E-state index in [0.29, 0.717) is 47.0 Å². The Balaban J connectivity index is 1.54. The van der Waals surface area contributed by atoms with E-state index in [1.807, 2.05) is 42.5 Å². The van der Waals surface area contributed by atoms with Crippen LogP contribution in [0.15, 0.2) is 65.9 Å². The quantitative estimate of drug-likeness (QED) is 0.290. The normalized spacial score (nSPS) is 11.7. The van der Waals surface area contributed by atoms with Crippen molar-refractivity contribution in [2.24, 2.45) is 10.7 Å². The Morgan fingerprint density at radius 3 is 2.51 bits per heavy atom. The van der Waals surface area contributed by atoms with Gasteiger partial charge in [-0.15, -0.1) is 0 Å². The fraction of sp³-hybridized carbons (Fsp3) is 0.154. The number of aliphatic imine (C=N–C) groups is 1. The second kappa shape index (κ2) is 11.1. The van der Waals surface area contributed by atoms with Crippen molar-refractivity contribution in [3.05, 3.63) is 77.6 Å². The van der Waals surface area contributed by atoms with Gasteiger partial charge in [-0.1, -0.05) is 18.2 Å². The minimum absolute atomic E-state index is 0.274. The maximum absolute atomic E-state index is 10.7. The van der Waals surface area contributed by atoms with Crippen molar-refractivity contribution in [1.82, 2.24) is 14.5 Å². The second-order valence-corrected chi connectivity index (χ2v) is 7.91. The molecule has 190 valence electrons. The number of benzene rings is 2. The molecule has 0 bridgehead atoms. The van der Waals surface area contributed by atoms with Gasteiger partial charge in [-0.25, -0.2) is 14.8 Å². The number of rotatable bonds is 9. The van der Waals surface area contributed by atoms with Crippen molar-refractivity contribution in [2.75, 3.05) is 20.0 Å². The van der Waals surface area contributed by atoms with E-state index in [-0.39, 0.29) is 5.95 Å².